The summed E-state index contributed by atoms with van der Waals surface area (Å²) in [5, 5.41) is 32.8. The zero-order valence-electron chi connectivity index (χ0n) is 12.4. The summed E-state index contributed by atoms with van der Waals surface area (Å²) in [6.45, 7) is 11.2. The Bertz CT molecular complexity index is 261. The number of aliphatic hydroxyl groups excluding tert-OH is 2. The van der Waals surface area contributed by atoms with E-state index in [9.17, 15) is 9.59 Å². The van der Waals surface area contributed by atoms with E-state index in [2.05, 4.69) is 20.1 Å². The first-order chi connectivity index (χ1) is 9.09. The number of hydrogen-bond acceptors (Lipinski definition) is 4. The number of hydrogen-bond donors (Lipinski definition) is 4. The third-order valence-electron chi connectivity index (χ3n) is 1.83. The molecule has 0 saturated carbocycles. The van der Waals surface area contributed by atoms with Crippen molar-refractivity contribution in [2.75, 3.05) is 6.61 Å². The van der Waals surface area contributed by atoms with Crippen molar-refractivity contribution in [1.82, 2.24) is 0 Å². The second kappa shape index (κ2) is 15.4. The Morgan fingerprint density at radius 3 is 1.50 bits per heavy atom. The normalized spacial score (nSPS) is 10.1. The van der Waals surface area contributed by atoms with Gasteiger partial charge in [0.25, 0.3) is 0 Å². The number of aliphatic hydroxyl groups is 2. The Morgan fingerprint density at radius 1 is 1.05 bits per heavy atom. The summed E-state index contributed by atoms with van der Waals surface area (Å²) < 4.78 is 0. The minimum Gasteiger partial charge on any atom is -0.478 e. The highest BCUT2D eigenvalue weighted by Crippen LogP contribution is 1.97. The molecule has 1 unspecified atom stereocenters. The van der Waals surface area contributed by atoms with Gasteiger partial charge in [0, 0.05) is 11.1 Å². The fourth-order valence-corrected chi connectivity index (χ4v) is 0.531. The van der Waals surface area contributed by atoms with Crippen LogP contribution in [0.5, 0.6) is 0 Å². The first kappa shape index (κ1) is 23.4. The molecule has 4 N–H and O–H groups in total. The van der Waals surface area contributed by atoms with Crippen LogP contribution in [0.2, 0.25) is 0 Å². The molecule has 0 spiro atoms. The molecule has 0 amide bonds. The summed E-state index contributed by atoms with van der Waals surface area (Å²) in [4.78, 5) is 19.2. The molecule has 0 aromatic carbocycles. The van der Waals surface area contributed by atoms with E-state index in [1.165, 1.54) is 13.8 Å². The van der Waals surface area contributed by atoms with Gasteiger partial charge < -0.3 is 20.4 Å². The Morgan fingerprint density at radius 2 is 1.35 bits per heavy atom. The van der Waals surface area contributed by atoms with Gasteiger partial charge in [-0.25, -0.2) is 9.59 Å². The molecule has 118 valence electrons. The van der Waals surface area contributed by atoms with Gasteiger partial charge in [0.1, 0.15) is 0 Å². The van der Waals surface area contributed by atoms with Gasteiger partial charge in [-0.2, -0.15) is 0 Å². The topological polar surface area (TPSA) is 115 Å². The van der Waals surface area contributed by atoms with Gasteiger partial charge in [0.05, 0.1) is 12.7 Å². The lowest BCUT2D eigenvalue weighted by molar-refractivity contribution is -0.133. The summed E-state index contributed by atoms with van der Waals surface area (Å²) in [6.07, 6.45) is 2.32. The molecule has 6 heteroatoms. The van der Waals surface area contributed by atoms with Crippen LogP contribution in [0.1, 0.15) is 40.0 Å². The van der Waals surface area contributed by atoms with Crippen molar-refractivity contribution in [2.24, 2.45) is 0 Å². The number of carboxylic acid groups (broad SMARTS) is 2. The molecule has 0 fully saturated rings. The van der Waals surface area contributed by atoms with Crippen LogP contribution in [-0.4, -0.2) is 45.1 Å². The van der Waals surface area contributed by atoms with Crippen molar-refractivity contribution in [2.45, 2.75) is 46.1 Å². The van der Waals surface area contributed by atoms with E-state index < -0.39 is 18.0 Å². The number of carbonyl (C=O) groups is 2. The van der Waals surface area contributed by atoms with E-state index in [-0.39, 0.29) is 17.8 Å². The van der Waals surface area contributed by atoms with Crippen LogP contribution in [0.25, 0.3) is 0 Å². The van der Waals surface area contributed by atoms with Gasteiger partial charge in [-0.15, -0.1) is 0 Å². The van der Waals surface area contributed by atoms with Crippen LogP contribution >= 0.6 is 0 Å². The summed E-state index contributed by atoms with van der Waals surface area (Å²) in [6, 6.07) is 0. The van der Waals surface area contributed by atoms with E-state index in [4.69, 9.17) is 20.4 Å². The maximum Gasteiger partial charge on any atom is 0.330 e. The lowest BCUT2D eigenvalue weighted by atomic mass is 10.2. The molecule has 6 nitrogen and oxygen atoms in total. The highest BCUT2D eigenvalue weighted by molar-refractivity contribution is 5.85. The fourth-order valence-electron chi connectivity index (χ4n) is 0.531. The molecule has 0 heterocycles. The van der Waals surface area contributed by atoms with Gasteiger partial charge in [0.2, 0.25) is 0 Å². The van der Waals surface area contributed by atoms with Crippen LogP contribution in [0.4, 0.5) is 0 Å². The van der Waals surface area contributed by atoms with Crippen LogP contribution in [0.3, 0.4) is 0 Å². The monoisotopic (exact) mass is 290 g/mol. The van der Waals surface area contributed by atoms with Crippen molar-refractivity contribution in [3.05, 3.63) is 24.3 Å². The molecule has 0 aliphatic rings. The Hall–Kier alpha value is -1.66. The van der Waals surface area contributed by atoms with Crippen LogP contribution in [0.15, 0.2) is 24.3 Å². The average Bonchev–Trinajstić information content (AvgIpc) is 2.37. The zero-order valence-corrected chi connectivity index (χ0v) is 12.4. The van der Waals surface area contributed by atoms with Gasteiger partial charge in [-0.1, -0.05) is 32.9 Å². The van der Waals surface area contributed by atoms with Gasteiger partial charge in [0.15, 0.2) is 0 Å². The first-order valence-electron chi connectivity index (χ1n) is 6.16. The molecule has 0 saturated heterocycles. The lowest BCUT2D eigenvalue weighted by Crippen LogP contribution is -2.10. The number of unbranched alkanes of at least 4 members (excludes halogenated alkanes) is 1. The molecule has 0 aromatic heterocycles. The van der Waals surface area contributed by atoms with Gasteiger partial charge in [-0.05, 0) is 20.3 Å². The highest BCUT2D eigenvalue weighted by Gasteiger charge is 1.97. The molecule has 0 rings (SSSR count). The average molecular weight is 290 g/mol. The van der Waals surface area contributed by atoms with Crippen molar-refractivity contribution >= 4 is 11.9 Å². The van der Waals surface area contributed by atoms with Gasteiger partial charge >= 0.3 is 11.9 Å². The van der Waals surface area contributed by atoms with E-state index in [1.807, 2.05) is 0 Å². The first-order valence-corrected chi connectivity index (χ1v) is 6.16. The summed E-state index contributed by atoms with van der Waals surface area (Å²) >= 11 is 0. The van der Waals surface area contributed by atoms with Crippen molar-refractivity contribution in [3.63, 3.8) is 0 Å². The number of aliphatic carboxylic acids is 2. The zero-order chi connectivity index (χ0) is 16.7. The van der Waals surface area contributed by atoms with Crippen molar-refractivity contribution in [3.8, 4) is 0 Å². The van der Waals surface area contributed by atoms with Crippen LogP contribution in [0, 0.1) is 0 Å². The molecular weight excluding hydrogens is 264 g/mol. The largest absolute Gasteiger partial charge is 0.478 e. The second-order valence-corrected chi connectivity index (χ2v) is 4.15. The molecular formula is C14H26O6. The minimum atomic E-state index is -0.935. The fraction of sp³-hybridized carbons (Fsp3) is 0.571. The van der Waals surface area contributed by atoms with E-state index >= 15 is 0 Å². The molecule has 0 aliphatic heterocycles. The van der Waals surface area contributed by atoms with Crippen molar-refractivity contribution < 1.29 is 30.0 Å². The minimum absolute atomic E-state index is 0.0972. The predicted octanol–water partition coefficient (Wildman–Crippen LogP) is 1.82. The third kappa shape index (κ3) is 25.3. The Balaban J connectivity index is -0.000000221. The molecule has 1 atom stereocenters. The maximum absolute atomic E-state index is 9.60. The number of rotatable bonds is 6. The molecule has 20 heavy (non-hydrogen) atoms. The molecule has 0 aromatic rings. The Kier molecular flexibility index (Phi) is 18.0. The lowest BCUT2D eigenvalue weighted by Gasteiger charge is -2.02. The summed E-state index contributed by atoms with van der Waals surface area (Å²) in [5.41, 5.74) is 0.352. The van der Waals surface area contributed by atoms with Gasteiger partial charge in [-0.3, -0.25) is 0 Å². The molecule has 0 aliphatic carbocycles. The van der Waals surface area contributed by atoms with Crippen LogP contribution in [-0.2, 0) is 9.59 Å². The second-order valence-electron chi connectivity index (χ2n) is 4.15. The van der Waals surface area contributed by atoms with E-state index in [0.29, 0.717) is 0 Å². The van der Waals surface area contributed by atoms with E-state index in [0.717, 1.165) is 19.3 Å². The quantitative estimate of drug-likeness (QED) is 0.555. The summed E-state index contributed by atoms with van der Waals surface area (Å²) in [7, 11) is 0. The SMILES string of the molecule is C=C(C)C(=O)O.C=C(C)C(=O)O.CCCCC(O)CO. The van der Waals surface area contributed by atoms with Crippen molar-refractivity contribution in [1.29, 1.82) is 0 Å². The number of carboxylic acids is 2. The standard InChI is InChI=1S/C6H14O2.2C4H6O2/c1-2-3-4-6(8)5-7;2*1-3(2)4(5)6/h6-8H,2-5H2,1H3;2*1H2,2H3,(H,5,6). The van der Waals surface area contributed by atoms with E-state index in [1.54, 1.807) is 0 Å². The maximum atomic E-state index is 9.60. The molecule has 0 bridgehead atoms. The predicted molar refractivity (Wildman–Crippen MR) is 77.5 cm³/mol. The third-order valence-corrected chi connectivity index (χ3v) is 1.83. The Labute approximate surface area is 120 Å². The summed E-state index contributed by atoms with van der Waals surface area (Å²) in [5.74, 6) is -1.87. The molecule has 0 radical (unpaired) electrons. The van der Waals surface area contributed by atoms with Crippen LogP contribution < -0.4 is 0 Å². The highest BCUT2D eigenvalue weighted by atomic mass is 16.4. The smallest absolute Gasteiger partial charge is 0.330 e.